The Bertz CT molecular complexity index is 425. The molecule has 2 rings (SSSR count). The van der Waals surface area contributed by atoms with Gasteiger partial charge in [-0.15, -0.1) is 0 Å². The van der Waals surface area contributed by atoms with Crippen molar-refractivity contribution in [2.45, 2.75) is 45.2 Å². The van der Waals surface area contributed by atoms with Crippen LogP contribution in [0.2, 0.25) is 5.02 Å². The fourth-order valence-corrected chi connectivity index (χ4v) is 3.16. The Kier molecular flexibility index (Phi) is 6.14. The molecule has 20 heavy (non-hydrogen) atoms. The summed E-state index contributed by atoms with van der Waals surface area (Å²) in [4.78, 5) is 2.44. The van der Waals surface area contributed by atoms with Crippen LogP contribution in [-0.4, -0.2) is 30.8 Å². The number of aliphatic hydroxyl groups excluding tert-OH is 1. The van der Waals surface area contributed by atoms with Gasteiger partial charge in [-0.2, -0.15) is 0 Å². The van der Waals surface area contributed by atoms with Crippen molar-refractivity contribution in [2.24, 2.45) is 0 Å². The molecule has 0 spiro atoms. The molecule has 112 valence electrons. The van der Waals surface area contributed by atoms with Gasteiger partial charge in [0.25, 0.3) is 0 Å². The number of benzene rings is 1. The highest BCUT2D eigenvalue weighted by Gasteiger charge is 2.24. The third-order valence-corrected chi connectivity index (χ3v) is 4.36. The van der Waals surface area contributed by atoms with Gasteiger partial charge in [-0.25, -0.2) is 0 Å². The second-order valence-electron chi connectivity index (χ2n) is 5.41. The largest absolute Gasteiger partial charge is 0.396 e. The van der Waals surface area contributed by atoms with E-state index in [1.165, 1.54) is 18.5 Å². The molecule has 1 unspecified atom stereocenters. The third-order valence-electron chi connectivity index (χ3n) is 4.01. The van der Waals surface area contributed by atoms with Crippen LogP contribution in [0.25, 0.3) is 0 Å². The van der Waals surface area contributed by atoms with E-state index in [-0.39, 0.29) is 6.61 Å². The number of nitrogens with zero attached hydrogens (tertiary/aromatic N) is 1. The molecule has 0 aliphatic carbocycles. The first-order valence-corrected chi connectivity index (χ1v) is 8.00. The molecule has 1 aliphatic heterocycles. The van der Waals surface area contributed by atoms with Gasteiger partial charge in [-0.1, -0.05) is 24.6 Å². The lowest BCUT2D eigenvalue weighted by molar-refractivity contribution is 0.279. The minimum Gasteiger partial charge on any atom is -0.396 e. The lowest BCUT2D eigenvalue weighted by atomic mass is 10.1. The van der Waals surface area contributed by atoms with Crippen molar-refractivity contribution in [3.63, 3.8) is 0 Å². The maximum atomic E-state index is 9.00. The van der Waals surface area contributed by atoms with Crippen molar-refractivity contribution in [3.8, 4) is 0 Å². The number of rotatable bonds is 7. The standard InChI is InChI=1S/C16H25ClN2O/c1-2-18-12-13-7-8-15(11-16(13)17)19-9-3-5-14(19)6-4-10-20/h7-8,11,14,18,20H,2-6,9-10,12H2,1H3. The van der Waals surface area contributed by atoms with E-state index in [9.17, 15) is 0 Å². The van der Waals surface area contributed by atoms with Crippen LogP contribution in [0.15, 0.2) is 18.2 Å². The van der Waals surface area contributed by atoms with E-state index in [0.717, 1.165) is 43.1 Å². The zero-order valence-electron chi connectivity index (χ0n) is 12.2. The highest BCUT2D eigenvalue weighted by atomic mass is 35.5. The first-order valence-electron chi connectivity index (χ1n) is 7.63. The SMILES string of the molecule is CCNCc1ccc(N2CCCC2CCCO)cc1Cl. The quantitative estimate of drug-likeness (QED) is 0.811. The second kappa shape index (κ2) is 7.87. The predicted octanol–water partition coefficient (Wildman–Crippen LogP) is 3.19. The Morgan fingerprint density at radius 3 is 3.00 bits per heavy atom. The molecule has 1 saturated heterocycles. The summed E-state index contributed by atoms with van der Waals surface area (Å²) in [6, 6.07) is 6.95. The topological polar surface area (TPSA) is 35.5 Å². The summed E-state index contributed by atoms with van der Waals surface area (Å²) in [6.45, 7) is 5.25. The highest BCUT2D eigenvalue weighted by molar-refractivity contribution is 6.31. The van der Waals surface area contributed by atoms with Crippen molar-refractivity contribution >= 4 is 17.3 Å². The van der Waals surface area contributed by atoms with Crippen LogP contribution >= 0.6 is 11.6 Å². The maximum Gasteiger partial charge on any atom is 0.0471 e. The Morgan fingerprint density at radius 1 is 1.45 bits per heavy atom. The van der Waals surface area contributed by atoms with Crippen molar-refractivity contribution < 1.29 is 5.11 Å². The zero-order chi connectivity index (χ0) is 14.4. The Balaban J connectivity index is 2.06. The number of nitrogens with one attached hydrogen (secondary N) is 1. The molecule has 1 aromatic rings. The number of halogens is 1. The molecule has 0 radical (unpaired) electrons. The molecular formula is C16H25ClN2O. The van der Waals surface area contributed by atoms with E-state index in [2.05, 4.69) is 35.3 Å². The Hall–Kier alpha value is -0.770. The Morgan fingerprint density at radius 2 is 2.30 bits per heavy atom. The zero-order valence-corrected chi connectivity index (χ0v) is 13.0. The number of hydrogen-bond acceptors (Lipinski definition) is 3. The minimum atomic E-state index is 0.284. The van der Waals surface area contributed by atoms with Gasteiger partial charge in [0.05, 0.1) is 0 Å². The molecule has 0 saturated carbocycles. The maximum absolute atomic E-state index is 9.00. The van der Waals surface area contributed by atoms with E-state index in [1.54, 1.807) is 0 Å². The highest BCUT2D eigenvalue weighted by Crippen LogP contribution is 2.31. The van der Waals surface area contributed by atoms with Gasteiger partial charge in [0.2, 0.25) is 0 Å². The molecule has 1 fully saturated rings. The van der Waals surface area contributed by atoms with Crippen LogP contribution in [0.1, 0.15) is 38.2 Å². The molecule has 4 heteroatoms. The number of aliphatic hydroxyl groups is 1. The van der Waals surface area contributed by atoms with Gasteiger partial charge in [-0.05, 0) is 49.9 Å². The average Bonchev–Trinajstić information content (AvgIpc) is 2.92. The van der Waals surface area contributed by atoms with Gasteiger partial charge < -0.3 is 15.3 Å². The minimum absolute atomic E-state index is 0.284. The average molecular weight is 297 g/mol. The molecular weight excluding hydrogens is 272 g/mol. The van der Waals surface area contributed by atoms with Crippen LogP contribution in [0, 0.1) is 0 Å². The fraction of sp³-hybridized carbons (Fsp3) is 0.625. The van der Waals surface area contributed by atoms with E-state index in [1.807, 2.05) is 0 Å². The molecule has 0 aromatic heterocycles. The van der Waals surface area contributed by atoms with Crippen LogP contribution in [0.4, 0.5) is 5.69 Å². The molecule has 1 aromatic carbocycles. The summed E-state index contributed by atoms with van der Waals surface area (Å²) in [6.07, 6.45) is 4.39. The van der Waals surface area contributed by atoms with E-state index >= 15 is 0 Å². The van der Waals surface area contributed by atoms with Gasteiger partial charge in [-0.3, -0.25) is 0 Å². The summed E-state index contributed by atoms with van der Waals surface area (Å²) in [5.41, 5.74) is 2.37. The molecule has 0 bridgehead atoms. The first kappa shape index (κ1) is 15.6. The van der Waals surface area contributed by atoms with Crippen molar-refractivity contribution in [3.05, 3.63) is 28.8 Å². The number of anilines is 1. The molecule has 3 nitrogen and oxygen atoms in total. The second-order valence-corrected chi connectivity index (χ2v) is 5.82. The van der Waals surface area contributed by atoms with Gasteiger partial charge in [0, 0.05) is 36.4 Å². The van der Waals surface area contributed by atoms with E-state index < -0.39 is 0 Å². The Labute approximate surface area is 126 Å². The van der Waals surface area contributed by atoms with E-state index in [0.29, 0.717) is 6.04 Å². The summed E-state index contributed by atoms with van der Waals surface area (Å²) in [5.74, 6) is 0. The normalized spacial score (nSPS) is 18.8. The molecule has 1 aliphatic rings. The molecule has 1 atom stereocenters. The van der Waals surface area contributed by atoms with Crippen LogP contribution in [0.3, 0.4) is 0 Å². The van der Waals surface area contributed by atoms with Crippen molar-refractivity contribution in [1.29, 1.82) is 0 Å². The monoisotopic (exact) mass is 296 g/mol. The third kappa shape index (κ3) is 3.87. The summed E-state index contributed by atoms with van der Waals surface area (Å²) >= 11 is 6.39. The van der Waals surface area contributed by atoms with Crippen LogP contribution in [-0.2, 0) is 6.54 Å². The molecule has 1 heterocycles. The molecule has 2 N–H and O–H groups in total. The van der Waals surface area contributed by atoms with E-state index in [4.69, 9.17) is 16.7 Å². The summed E-state index contributed by atoms with van der Waals surface area (Å²) in [7, 11) is 0. The van der Waals surface area contributed by atoms with Gasteiger partial charge in [0.15, 0.2) is 0 Å². The number of hydrogen-bond donors (Lipinski definition) is 2. The summed E-state index contributed by atoms with van der Waals surface area (Å²) in [5, 5.41) is 13.1. The van der Waals surface area contributed by atoms with Gasteiger partial charge in [0.1, 0.15) is 0 Å². The predicted molar refractivity (Wildman–Crippen MR) is 85.5 cm³/mol. The molecule has 0 amide bonds. The van der Waals surface area contributed by atoms with Crippen molar-refractivity contribution in [2.75, 3.05) is 24.6 Å². The summed E-state index contributed by atoms with van der Waals surface area (Å²) < 4.78 is 0. The van der Waals surface area contributed by atoms with Crippen LogP contribution < -0.4 is 10.2 Å². The lowest BCUT2D eigenvalue weighted by Crippen LogP contribution is -2.29. The van der Waals surface area contributed by atoms with Crippen LogP contribution in [0.5, 0.6) is 0 Å². The first-order chi connectivity index (χ1) is 9.76. The fourth-order valence-electron chi connectivity index (χ4n) is 2.92. The van der Waals surface area contributed by atoms with Gasteiger partial charge >= 0.3 is 0 Å². The smallest absolute Gasteiger partial charge is 0.0471 e. The lowest BCUT2D eigenvalue weighted by Gasteiger charge is -2.27. The van der Waals surface area contributed by atoms with Crippen molar-refractivity contribution in [1.82, 2.24) is 5.32 Å².